The molecule has 0 aliphatic rings. The molecule has 8 nitrogen and oxygen atoms in total. The van der Waals surface area contributed by atoms with Crippen LogP contribution in [0.1, 0.15) is 11.1 Å². The van der Waals surface area contributed by atoms with Crippen molar-refractivity contribution in [1.82, 2.24) is 24.5 Å². The summed E-state index contributed by atoms with van der Waals surface area (Å²) in [7, 11) is 5.40. The van der Waals surface area contributed by atoms with Gasteiger partial charge < -0.3 is 14.6 Å². The molecule has 0 radical (unpaired) electrons. The molecular formula is C24H26N6O2S. The van der Waals surface area contributed by atoms with Crippen LogP contribution < -0.4 is 10.1 Å². The van der Waals surface area contributed by atoms with Crippen LogP contribution >= 0.6 is 11.8 Å². The largest absolute Gasteiger partial charge is 0.497 e. The van der Waals surface area contributed by atoms with Gasteiger partial charge in [-0.1, -0.05) is 36.0 Å². The number of aromatic nitrogens is 5. The van der Waals surface area contributed by atoms with Crippen molar-refractivity contribution in [3.05, 3.63) is 59.8 Å². The molecule has 9 heteroatoms. The lowest BCUT2D eigenvalue weighted by Gasteiger charge is -2.09. The van der Waals surface area contributed by atoms with Crippen LogP contribution in [-0.4, -0.2) is 43.3 Å². The van der Waals surface area contributed by atoms with Gasteiger partial charge in [0, 0.05) is 31.5 Å². The Kier molecular flexibility index (Phi) is 6.50. The van der Waals surface area contributed by atoms with Gasteiger partial charge in [0.2, 0.25) is 5.91 Å². The van der Waals surface area contributed by atoms with Crippen LogP contribution in [-0.2, 0) is 18.9 Å². The van der Waals surface area contributed by atoms with Gasteiger partial charge in [-0.25, -0.2) is 0 Å². The summed E-state index contributed by atoms with van der Waals surface area (Å²) in [6.45, 7) is 3.98. The molecule has 0 saturated carbocycles. The fourth-order valence-corrected chi connectivity index (χ4v) is 4.21. The number of carbonyl (C=O) groups is 1. The van der Waals surface area contributed by atoms with Crippen molar-refractivity contribution < 1.29 is 9.53 Å². The summed E-state index contributed by atoms with van der Waals surface area (Å²) >= 11 is 1.34. The zero-order valence-corrected chi connectivity index (χ0v) is 20.1. The van der Waals surface area contributed by atoms with Gasteiger partial charge in [0.15, 0.2) is 11.0 Å². The number of hydrogen-bond donors (Lipinski definition) is 1. The Bertz CT molecular complexity index is 1310. The maximum absolute atomic E-state index is 12.5. The number of ether oxygens (including phenoxy) is 1. The van der Waals surface area contributed by atoms with E-state index in [0.29, 0.717) is 11.0 Å². The van der Waals surface area contributed by atoms with Crippen molar-refractivity contribution in [1.29, 1.82) is 0 Å². The maximum atomic E-state index is 12.5. The summed E-state index contributed by atoms with van der Waals surface area (Å²) in [4.78, 5) is 12.5. The van der Waals surface area contributed by atoms with E-state index in [9.17, 15) is 4.79 Å². The van der Waals surface area contributed by atoms with Gasteiger partial charge >= 0.3 is 0 Å². The number of amides is 1. The van der Waals surface area contributed by atoms with Crippen LogP contribution in [0, 0.1) is 13.8 Å². The van der Waals surface area contributed by atoms with Crippen LogP contribution in [0.2, 0.25) is 0 Å². The molecule has 1 N–H and O–H groups in total. The van der Waals surface area contributed by atoms with Crippen molar-refractivity contribution in [2.24, 2.45) is 14.1 Å². The number of nitrogens with one attached hydrogen (secondary N) is 1. The Labute approximate surface area is 197 Å². The molecule has 2 aromatic carbocycles. The topological polar surface area (TPSA) is 86.9 Å². The normalized spacial score (nSPS) is 10.9. The van der Waals surface area contributed by atoms with Crippen molar-refractivity contribution in [3.8, 4) is 28.4 Å². The number of carbonyl (C=O) groups excluding carboxylic acids is 1. The molecule has 0 atom stereocenters. The van der Waals surface area contributed by atoms with Gasteiger partial charge in [-0.2, -0.15) is 5.10 Å². The van der Waals surface area contributed by atoms with Gasteiger partial charge in [0.25, 0.3) is 0 Å². The first-order valence-electron chi connectivity index (χ1n) is 10.4. The maximum Gasteiger partial charge on any atom is 0.234 e. The average Bonchev–Trinajstić information content (AvgIpc) is 3.36. The third kappa shape index (κ3) is 4.93. The molecule has 2 heterocycles. The molecule has 0 fully saturated rings. The van der Waals surface area contributed by atoms with Crippen molar-refractivity contribution >= 4 is 23.4 Å². The van der Waals surface area contributed by atoms with Gasteiger partial charge in [0.1, 0.15) is 11.4 Å². The number of anilines is 1. The zero-order chi connectivity index (χ0) is 23.5. The van der Waals surface area contributed by atoms with Gasteiger partial charge in [0.05, 0.1) is 18.4 Å². The Balaban J connectivity index is 1.53. The van der Waals surface area contributed by atoms with Crippen LogP contribution in [0.25, 0.3) is 22.6 Å². The molecule has 4 rings (SSSR count). The van der Waals surface area contributed by atoms with E-state index in [1.54, 1.807) is 11.8 Å². The third-order valence-electron chi connectivity index (χ3n) is 5.25. The van der Waals surface area contributed by atoms with E-state index in [4.69, 9.17) is 4.74 Å². The quantitative estimate of drug-likeness (QED) is 0.414. The number of nitrogens with zero attached hydrogens (tertiary/aromatic N) is 5. The molecule has 0 unspecified atom stereocenters. The lowest BCUT2D eigenvalue weighted by atomic mass is 10.1. The Morgan fingerprint density at radius 3 is 2.73 bits per heavy atom. The van der Waals surface area contributed by atoms with Crippen molar-refractivity contribution in [3.63, 3.8) is 0 Å². The summed E-state index contributed by atoms with van der Waals surface area (Å²) < 4.78 is 9.00. The smallest absolute Gasteiger partial charge is 0.234 e. The summed E-state index contributed by atoms with van der Waals surface area (Å²) in [5, 5.41) is 17.0. The monoisotopic (exact) mass is 462 g/mol. The number of methoxy groups -OCH3 is 1. The van der Waals surface area contributed by atoms with Gasteiger partial charge in [-0.05, 0) is 43.2 Å². The lowest BCUT2D eigenvalue weighted by molar-refractivity contribution is -0.113. The highest BCUT2D eigenvalue weighted by Gasteiger charge is 2.20. The second kappa shape index (κ2) is 9.50. The highest BCUT2D eigenvalue weighted by Crippen LogP contribution is 2.32. The summed E-state index contributed by atoms with van der Waals surface area (Å²) in [5.41, 5.74) is 5.53. The van der Waals surface area contributed by atoms with Crippen LogP contribution in [0.4, 0.5) is 5.69 Å². The summed E-state index contributed by atoms with van der Waals surface area (Å²) in [6.07, 6.45) is 1.92. The van der Waals surface area contributed by atoms with E-state index in [-0.39, 0.29) is 11.7 Å². The molecule has 0 saturated heterocycles. The molecule has 0 aliphatic carbocycles. The SMILES string of the molecule is COc1cccc(-c2nn(C)cc2-c2nnc(SCC(=O)Nc3cc(C)ccc3C)n2C)c1. The van der Waals surface area contributed by atoms with E-state index in [2.05, 4.69) is 20.6 Å². The molecule has 4 aromatic rings. The number of benzene rings is 2. The molecule has 2 aromatic heterocycles. The minimum atomic E-state index is -0.0864. The molecule has 170 valence electrons. The van der Waals surface area contributed by atoms with E-state index in [1.807, 2.05) is 81.2 Å². The Hall–Kier alpha value is -3.59. The van der Waals surface area contributed by atoms with Crippen LogP contribution in [0.3, 0.4) is 0 Å². The summed E-state index contributed by atoms with van der Waals surface area (Å²) in [6, 6.07) is 13.7. The fraction of sp³-hybridized carbons (Fsp3) is 0.250. The number of thioether (sulfide) groups is 1. The van der Waals surface area contributed by atoms with E-state index in [0.717, 1.165) is 39.4 Å². The molecule has 0 spiro atoms. The highest BCUT2D eigenvalue weighted by molar-refractivity contribution is 7.99. The van der Waals surface area contributed by atoms with Gasteiger partial charge in [-0.15, -0.1) is 10.2 Å². The first-order chi connectivity index (χ1) is 15.9. The van der Waals surface area contributed by atoms with Crippen LogP contribution in [0.15, 0.2) is 53.8 Å². The second-order valence-electron chi connectivity index (χ2n) is 7.82. The van der Waals surface area contributed by atoms with E-state index < -0.39 is 0 Å². The zero-order valence-electron chi connectivity index (χ0n) is 19.3. The predicted molar refractivity (Wildman–Crippen MR) is 130 cm³/mol. The third-order valence-corrected chi connectivity index (χ3v) is 6.27. The second-order valence-corrected chi connectivity index (χ2v) is 8.76. The first kappa shape index (κ1) is 22.6. The van der Waals surface area contributed by atoms with E-state index in [1.165, 1.54) is 11.8 Å². The number of hydrogen-bond acceptors (Lipinski definition) is 6. The standard InChI is InChI=1S/C24H26N6O2S/c1-15-9-10-16(2)20(11-15)25-21(31)14-33-24-27-26-23(30(24)4)19-13-29(3)28-22(19)17-7-6-8-18(12-17)32-5/h6-13H,14H2,1-5H3,(H,25,31). The lowest BCUT2D eigenvalue weighted by Crippen LogP contribution is -2.15. The molecule has 0 aliphatic heterocycles. The number of rotatable bonds is 7. The molecular weight excluding hydrogens is 436 g/mol. The Morgan fingerprint density at radius 2 is 1.94 bits per heavy atom. The average molecular weight is 463 g/mol. The first-order valence-corrected chi connectivity index (χ1v) is 11.4. The van der Waals surface area contributed by atoms with Crippen molar-refractivity contribution in [2.45, 2.75) is 19.0 Å². The highest BCUT2D eigenvalue weighted by atomic mass is 32.2. The van der Waals surface area contributed by atoms with Crippen LogP contribution in [0.5, 0.6) is 5.75 Å². The predicted octanol–water partition coefficient (Wildman–Crippen LogP) is 4.24. The Morgan fingerprint density at radius 1 is 1.12 bits per heavy atom. The van der Waals surface area contributed by atoms with Crippen molar-refractivity contribution in [2.75, 3.05) is 18.2 Å². The minimum Gasteiger partial charge on any atom is -0.497 e. The van der Waals surface area contributed by atoms with Gasteiger partial charge in [-0.3, -0.25) is 9.48 Å². The summed E-state index contributed by atoms with van der Waals surface area (Å²) in [5.74, 6) is 1.58. The molecule has 1 amide bonds. The molecule has 0 bridgehead atoms. The molecule has 33 heavy (non-hydrogen) atoms. The fourth-order valence-electron chi connectivity index (χ4n) is 3.50. The number of aryl methyl sites for hydroxylation is 3. The minimum absolute atomic E-state index is 0.0864. The van der Waals surface area contributed by atoms with E-state index >= 15 is 0 Å².